The van der Waals surface area contributed by atoms with Gasteiger partial charge in [-0.1, -0.05) is 6.07 Å². The van der Waals surface area contributed by atoms with Gasteiger partial charge in [-0.3, -0.25) is 4.57 Å². The van der Waals surface area contributed by atoms with Crippen molar-refractivity contribution in [3.05, 3.63) is 35.4 Å². The lowest BCUT2D eigenvalue weighted by Gasteiger charge is -2.19. The largest absolute Gasteiger partial charge is 0.462 e. The van der Waals surface area contributed by atoms with Crippen molar-refractivity contribution in [3.8, 4) is 0 Å². The highest BCUT2D eigenvalue weighted by atomic mass is 31.2. The number of carbonyl (C=O) groups excluding carboxylic acids is 1. The van der Waals surface area contributed by atoms with E-state index in [1.54, 1.807) is 33.0 Å². The topological polar surface area (TPSA) is 86.8 Å². The molecule has 0 radical (unpaired) electrons. The first-order chi connectivity index (χ1) is 11.0. The Morgan fingerprint density at radius 1 is 1.26 bits per heavy atom. The van der Waals surface area contributed by atoms with Crippen molar-refractivity contribution in [2.75, 3.05) is 25.1 Å². The molecular formula is C15H23N2O5P. The molecule has 0 amide bonds. The van der Waals surface area contributed by atoms with Crippen LogP contribution >= 0.6 is 7.60 Å². The molecule has 0 saturated carbocycles. The van der Waals surface area contributed by atoms with Crippen LogP contribution < -0.4 is 5.32 Å². The lowest BCUT2D eigenvalue weighted by atomic mass is 10.3. The second-order valence-electron chi connectivity index (χ2n) is 4.40. The summed E-state index contributed by atoms with van der Waals surface area (Å²) in [6, 6.07) is 3.65. The highest BCUT2D eigenvalue weighted by Gasteiger charge is 2.36. The van der Waals surface area contributed by atoms with Gasteiger partial charge >= 0.3 is 13.6 Å². The van der Waals surface area contributed by atoms with Gasteiger partial charge in [0, 0.05) is 12.4 Å². The van der Waals surface area contributed by atoms with Gasteiger partial charge in [0.25, 0.3) is 0 Å². The summed E-state index contributed by atoms with van der Waals surface area (Å²) in [5.74, 6) is -0.215. The fourth-order valence-electron chi connectivity index (χ4n) is 1.74. The number of nitrogens with one attached hydrogen (secondary N) is 1. The molecule has 0 aliphatic rings. The number of carbonyl (C=O) groups is 1. The highest BCUT2D eigenvalue weighted by Crippen LogP contribution is 2.56. The number of aromatic nitrogens is 1. The van der Waals surface area contributed by atoms with E-state index in [1.807, 2.05) is 13.0 Å². The molecule has 1 N–H and O–H groups in total. The van der Waals surface area contributed by atoms with E-state index < -0.39 is 13.6 Å². The summed E-state index contributed by atoms with van der Waals surface area (Å²) >= 11 is 0. The number of pyridine rings is 1. The van der Waals surface area contributed by atoms with E-state index in [1.165, 1.54) is 6.20 Å². The lowest BCUT2D eigenvalue weighted by Crippen LogP contribution is -2.13. The minimum Gasteiger partial charge on any atom is -0.462 e. The van der Waals surface area contributed by atoms with Crippen molar-refractivity contribution in [3.63, 3.8) is 0 Å². The van der Waals surface area contributed by atoms with Gasteiger partial charge in [-0.05, 0) is 39.3 Å². The fourth-order valence-corrected chi connectivity index (χ4v) is 3.29. The molecule has 0 aromatic carbocycles. The number of hydrogen-bond acceptors (Lipinski definition) is 7. The second kappa shape index (κ2) is 9.45. The molecule has 8 heteroatoms. The molecule has 1 aromatic heterocycles. The Hall–Kier alpha value is -1.69. The zero-order chi connectivity index (χ0) is 17.3. The van der Waals surface area contributed by atoms with Crippen LogP contribution in [0, 0.1) is 6.92 Å². The van der Waals surface area contributed by atoms with E-state index >= 15 is 0 Å². The van der Waals surface area contributed by atoms with Crippen LogP contribution in [0.3, 0.4) is 0 Å². The zero-order valence-corrected chi connectivity index (χ0v) is 14.8. The number of aryl methyl sites for hydroxylation is 1. The van der Waals surface area contributed by atoms with Crippen molar-refractivity contribution >= 4 is 19.4 Å². The molecule has 1 aromatic rings. The molecule has 128 valence electrons. The average Bonchev–Trinajstić information content (AvgIpc) is 2.50. The van der Waals surface area contributed by atoms with Gasteiger partial charge in [0.2, 0.25) is 0 Å². The predicted molar refractivity (Wildman–Crippen MR) is 88.2 cm³/mol. The smallest absolute Gasteiger partial charge is 0.370 e. The Bertz CT molecular complexity index is 593. The molecular weight excluding hydrogens is 319 g/mol. The first kappa shape index (κ1) is 19.4. The number of nitrogens with zero attached hydrogens (tertiary/aromatic N) is 1. The third kappa shape index (κ3) is 5.46. The van der Waals surface area contributed by atoms with Crippen LogP contribution in [0.4, 0.5) is 5.82 Å². The third-order valence-electron chi connectivity index (χ3n) is 2.73. The van der Waals surface area contributed by atoms with Gasteiger partial charge in [-0.15, -0.1) is 0 Å². The minimum atomic E-state index is -3.77. The average molecular weight is 342 g/mol. The van der Waals surface area contributed by atoms with Crippen LogP contribution in [-0.4, -0.2) is 30.8 Å². The maximum atomic E-state index is 12.9. The van der Waals surface area contributed by atoms with Crippen molar-refractivity contribution in [1.82, 2.24) is 4.98 Å². The van der Waals surface area contributed by atoms with Crippen molar-refractivity contribution < 1.29 is 23.1 Å². The van der Waals surface area contributed by atoms with Crippen LogP contribution in [0.15, 0.2) is 29.8 Å². The van der Waals surface area contributed by atoms with Gasteiger partial charge in [0.05, 0.1) is 19.8 Å². The third-order valence-corrected chi connectivity index (χ3v) is 4.83. The molecule has 0 saturated heterocycles. The number of esters is 1. The Morgan fingerprint density at radius 2 is 1.91 bits per heavy atom. The van der Waals surface area contributed by atoms with Gasteiger partial charge < -0.3 is 19.1 Å². The van der Waals surface area contributed by atoms with Crippen molar-refractivity contribution in [2.24, 2.45) is 0 Å². The Labute approximate surface area is 136 Å². The van der Waals surface area contributed by atoms with Crippen molar-refractivity contribution in [2.45, 2.75) is 27.7 Å². The number of ether oxygens (including phenoxy) is 1. The van der Waals surface area contributed by atoms with Gasteiger partial charge in [-0.2, -0.15) is 0 Å². The number of anilines is 1. The SMILES string of the molecule is CCOC(=O)/C(=C/Nc1ncccc1C)P(=O)(OCC)OCC. The summed E-state index contributed by atoms with van der Waals surface area (Å²) in [5.41, 5.74) is 0.870. The number of rotatable bonds is 9. The van der Waals surface area contributed by atoms with Crippen molar-refractivity contribution in [1.29, 1.82) is 0 Å². The summed E-state index contributed by atoms with van der Waals surface area (Å²) in [4.78, 5) is 16.3. The molecule has 0 unspecified atom stereocenters. The minimum absolute atomic E-state index is 0.136. The molecule has 0 aliphatic heterocycles. The number of hydrogen-bond donors (Lipinski definition) is 1. The van der Waals surface area contributed by atoms with E-state index in [0.29, 0.717) is 5.82 Å². The summed E-state index contributed by atoms with van der Waals surface area (Å²) in [7, 11) is -3.77. The van der Waals surface area contributed by atoms with E-state index in [9.17, 15) is 9.36 Å². The molecule has 0 atom stereocenters. The quantitative estimate of drug-likeness (QED) is 0.418. The highest BCUT2D eigenvalue weighted by molar-refractivity contribution is 7.59. The summed E-state index contributed by atoms with van der Waals surface area (Å²) < 4.78 is 28.3. The fraction of sp³-hybridized carbons (Fsp3) is 0.467. The van der Waals surface area contributed by atoms with E-state index in [-0.39, 0.29) is 25.1 Å². The Kier molecular flexibility index (Phi) is 7.95. The Morgan fingerprint density at radius 3 is 2.43 bits per heavy atom. The molecule has 7 nitrogen and oxygen atoms in total. The Balaban J connectivity index is 3.18. The summed E-state index contributed by atoms with van der Waals surface area (Å²) in [5, 5.41) is 2.68. The zero-order valence-electron chi connectivity index (χ0n) is 13.9. The van der Waals surface area contributed by atoms with Gasteiger partial charge in [-0.25, -0.2) is 9.78 Å². The first-order valence-electron chi connectivity index (χ1n) is 7.43. The predicted octanol–water partition coefficient (Wildman–Crippen LogP) is 3.47. The molecule has 1 rings (SSSR count). The van der Waals surface area contributed by atoms with Crippen LogP contribution in [0.5, 0.6) is 0 Å². The maximum Gasteiger partial charge on any atom is 0.370 e. The van der Waals surface area contributed by atoms with Gasteiger partial charge in [0.1, 0.15) is 5.82 Å². The monoisotopic (exact) mass is 342 g/mol. The molecule has 0 spiro atoms. The first-order valence-corrected chi connectivity index (χ1v) is 8.97. The van der Waals surface area contributed by atoms with Crippen LogP contribution in [-0.2, 0) is 23.1 Å². The van der Waals surface area contributed by atoms with Crippen LogP contribution in [0.1, 0.15) is 26.3 Å². The lowest BCUT2D eigenvalue weighted by molar-refractivity contribution is -0.137. The normalized spacial score (nSPS) is 12.1. The molecule has 0 bridgehead atoms. The molecule has 23 heavy (non-hydrogen) atoms. The second-order valence-corrected chi connectivity index (χ2v) is 6.39. The standard InChI is InChI=1S/C15H23N2O5P/c1-5-20-15(18)13(23(19,21-6-2)22-7-3)11-17-14-12(4)9-8-10-16-14/h8-11H,5-7H2,1-4H3,(H,16,17)/b13-11-. The molecule has 0 fully saturated rings. The van der Waals surface area contributed by atoms with E-state index in [0.717, 1.165) is 5.56 Å². The molecule has 0 aliphatic carbocycles. The van der Waals surface area contributed by atoms with E-state index in [2.05, 4.69) is 10.3 Å². The maximum absolute atomic E-state index is 12.9. The van der Waals surface area contributed by atoms with Gasteiger partial charge in [0.15, 0.2) is 5.31 Å². The summed E-state index contributed by atoms with van der Waals surface area (Å²) in [6.07, 6.45) is 2.89. The van der Waals surface area contributed by atoms with Crippen LogP contribution in [0.2, 0.25) is 0 Å². The summed E-state index contributed by atoms with van der Waals surface area (Å²) in [6.45, 7) is 7.29. The van der Waals surface area contributed by atoms with Crippen LogP contribution in [0.25, 0.3) is 0 Å². The van der Waals surface area contributed by atoms with E-state index in [4.69, 9.17) is 13.8 Å². The molecule has 1 heterocycles.